The maximum atomic E-state index is 13.0. The van der Waals surface area contributed by atoms with Crippen LogP contribution in [0.2, 0.25) is 0 Å². The van der Waals surface area contributed by atoms with E-state index in [1.807, 2.05) is 0 Å². The first-order valence-corrected chi connectivity index (χ1v) is 38.5. The highest BCUT2D eigenvalue weighted by atomic mass is 31.2. The van der Waals surface area contributed by atoms with Crippen LogP contribution in [-0.2, 0) is 65.4 Å². The number of carbonyl (C=O) groups is 4. The van der Waals surface area contributed by atoms with Gasteiger partial charge in [-0.1, -0.05) is 292 Å². The summed E-state index contributed by atoms with van der Waals surface area (Å²) in [5, 5.41) is 10.5. The number of ether oxygens (including phenoxy) is 4. The highest BCUT2D eigenvalue weighted by Crippen LogP contribution is 2.45. The Labute approximate surface area is 530 Å². The van der Waals surface area contributed by atoms with E-state index in [0.29, 0.717) is 31.6 Å². The zero-order chi connectivity index (χ0) is 64.3. The average molecular weight is 1280 g/mol. The van der Waals surface area contributed by atoms with Crippen molar-refractivity contribution in [2.75, 3.05) is 39.6 Å². The van der Waals surface area contributed by atoms with Gasteiger partial charge in [-0.05, 0) is 37.5 Å². The Hall–Kier alpha value is -1.94. The SMILES string of the molecule is CCCCCCCCCCCCCC(=O)OC[C@H](COP(=O)(O)OC[C@@H](O)COP(=O)(O)OC[C@@H](COC(=O)CCCCCCCCC)OC(=O)CCCCCCCCCC(C)C)OC(=O)CCCCCCCCCCCCCCCCCCC(C)C. The van der Waals surface area contributed by atoms with Gasteiger partial charge < -0.3 is 33.8 Å². The Kier molecular flexibility index (Phi) is 59.0. The van der Waals surface area contributed by atoms with Gasteiger partial charge >= 0.3 is 39.5 Å². The summed E-state index contributed by atoms with van der Waals surface area (Å²) in [5.74, 6) is -0.628. The number of unbranched alkanes of at least 4 members (excludes halogenated alkanes) is 37. The molecule has 0 radical (unpaired) electrons. The van der Waals surface area contributed by atoms with Gasteiger partial charge in [-0.25, -0.2) is 9.13 Å². The lowest BCUT2D eigenvalue weighted by Crippen LogP contribution is -2.30. The second-order valence-electron chi connectivity index (χ2n) is 25.5. The van der Waals surface area contributed by atoms with E-state index in [9.17, 15) is 43.2 Å². The Morgan fingerprint density at radius 3 is 0.782 bits per heavy atom. The molecule has 0 rings (SSSR count). The molecule has 0 aromatic carbocycles. The largest absolute Gasteiger partial charge is 0.472 e. The van der Waals surface area contributed by atoms with Crippen LogP contribution in [-0.4, -0.2) is 96.7 Å². The monoisotopic (exact) mass is 1280 g/mol. The van der Waals surface area contributed by atoms with Crippen LogP contribution >= 0.6 is 15.6 Å². The maximum absolute atomic E-state index is 13.0. The van der Waals surface area contributed by atoms with Crippen molar-refractivity contribution in [1.82, 2.24) is 0 Å². The normalized spacial score (nSPS) is 14.2. The molecule has 0 aliphatic carbocycles. The third-order valence-electron chi connectivity index (χ3n) is 15.7. The number of phosphoric acid groups is 2. The predicted molar refractivity (Wildman–Crippen MR) is 349 cm³/mol. The average Bonchev–Trinajstić information content (AvgIpc) is 3.70. The molecule has 0 amide bonds. The van der Waals surface area contributed by atoms with E-state index in [1.54, 1.807) is 0 Å². The first kappa shape index (κ1) is 85.1. The van der Waals surface area contributed by atoms with Gasteiger partial charge in [0.25, 0.3) is 0 Å². The van der Waals surface area contributed by atoms with Crippen LogP contribution in [0.25, 0.3) is 0 Å². The molecule has 87 heavy (non-hydrogen) atoms. The minimum absolute atomic E-state index is 0.103. The van der Waals surface area contributed by atoms with E-state index < -0.39 is 97.5 Å². The van der Waals surface area contributed by atoms with E-state index in [1.165, 1.54) is 148 Å². The summed E-state index contributed by atoms with van der Waals surface area (Å²) in [4.78, 5) is 72.2. The van der Waals surface area contributed by atoms with Gasteiger partial charge in [0.2, 0.25) is 0 Å². The highest BCUT2D eigenvalue weighted by molar-refractivity contribution is 7.47. The van der Waals surface area contributed by atoms with Crippen molar-refractivity contribution in [2.45, 2.75) is 362 Å². The molecule has 0 heterocycles. The van der Waals surface area contributed by atoms with Crippen molar-refractivity contribution in [3.63, 3.8) is 0 Å². The molecular weight excluding hydrogens is 1150 g/mol. The van der Waals surface area contributed by atoms with Gasteiger partial charge in [-0.3, -0.25) is 37.3 Å². The van der Waals surface area contributed by atoms with Gasteiger partial charge in [0.15, 0.2) is 12.2 Å². The van der Waals surface area contributed by atoms with Crippen LogP contribution in [0.15, 0.2) is 0 Å². The Morgan fingerprint density at radius 2 is 0.529 bits per heavy atom. The molecule has 0 aliphatic heterocycles. The van der Waals surface area contributed by atoms with Crippen LogP contribution in [0.3, 0.4) is 0 Å². The summed E-state index contributed by atoms with van der Waals surface area (Å²) in [6.45, 7) is 9.45. The Morgan fingerprint density at radius 1 is 0.310 bits per heavy atom. The topological polar surface area (TPSA) is 237 Å². The number of aliphatic hydroxyl groups excluding tert-OH is 1. The van der Waals surface area contributed by atoms with Gasteiger partial charge in [0, 0.05) is 25.7 Å². The van der Waals surface area contributed by atoms with Crippen molar-refractivity contribution >= 4 is 39.5 Å². The molecule has 0 aromatic heterocycles. The van der Waals surface area contributed by atoms with E-state index in [-0.39, 0.29) is 25.7 Å². The van der Waals surface area contributed by atoms with Crippen LogP contribution in [0.4, 0.5) is 0 Å². The zero-order valence-electron chi connectivity index (χ0n) is 56.3. The number of phosphoric ester groups is 2. The highest BCUT2D eigenvalue weighted by Gasteiger charge is 2.30. The number of rotatable bonds is 67. The Balaban J connectivity index is 5.16. The molecule has 0 aromatic rings. The van der Waals surface area contributed by atoms with Gasteiger partial charge in [-0.15, -0.1) is 0 Å². The summed E-state index contributed by atoms with van der Waals surface area (Å²) < 4.78 is 68.0. The lowest BCUT2D eigenvalue weighted by atomic mass is 10.0. The summed E-state index contributed by atoms with van der Waals surface area (Å²) >= 11 is 0. The molecule has 2 unspecified atom stereocenters. The van der Waals surface area contributed by atoms with E-state index in [2.05, 4.69) is 41.5 Å². The fourth-order valence-electron chi connectivity index (χ4n) is 10.2. The second kappa shape index (κ2) is 60.3. The number of hydrogen-bond acceptors (Lipinski definition) is 15. The lowest BCUT2D eigenvalue weighted by molar-refractivity contribution is -0.161. The third-order valence-corrected chi connectivity index (χ3v) is 17.6. The molecule has 0 spiro atoms. The quantitative estimate of drug-likeness (QED) is 0.0222. The summed E-state index contributed by atoms with van der Waals surface area (Å²) in [7, 11) is -9.89. The molecular formula is C68H132O17P2. The molecule has 0 aliphatic rings. The van der Waals surface area contributed by atoms with Crippen LogP contribution in [0, 0.1) is 11.8 Å². The molecule has 0 saturated carbocycles. The van der Waals surface area contributed by atoms with Crippen molar-refractivity contribution in [2.24, 2.45) is 11.8 Å². The molecule has 19 heteroatoms. The van der Waals surface area contributed by atoms with Gasteiger partial charge in [-0.2, -0.15) is 0 Å². The Bertz CT molecular complexity index is 1700. The first-order valence-electron chi connectivity index (χ1n) is 35.5. The smallest absolute Gasteiger partial charge is 0.462 e. The van der Waals surface area contributed by atoms with Crippen molar-refractivity contribution in [3.8, 4) is 0 Å². The van der Waals surface area contributed by atoms with Crippen molar-refractivity contribution in [1.29, 1.82) is 0 Å². The molecule has 516 valence electrons. The van der Waals surface area contributed by atoms with Crippen molar-refractivity contribution < 1.29 is 80.2 Å². The lowest BCUT2D eigenvalue weighted by Gasteiger charge is -2.21. The third kappa shape index (κ3) is 62.6. The minimum Gasteiger partial charge on any atom is -0.462 e. The summed E-state index contributed by atoms with van der Waals surface area (Å²) in [6.07, 6.45) is 44.7. The first-order chi connectivity index (χ1) is 41.9. The standard InChI is InChI=1S/C68H132O17P2/c1-7-9-11-13-15-16-23-27-33-39-45-51-66(71)79-57-64(84-67(72)52-46-40-34-28-25-22-20-18-17-19-21-24-26-31-36-42-48-60(3)4)59-83-87(76,77)81-55-62(69)54-80-86(74,75)82-58-63(56-78-65(70)50-44-38-30-14-12-10-8-2)85-68(73)53-47-41-35-29-32-37-43-49-61(5)6/h60-64,69H,7-59H2,1-6H3,(H,74,75)(H,76,77)/t62-,63+,64+/m0/s1. The predicted octanol–water partition coefficient (Wildman–Crippen LogP) is 19.2. The van der Waals surface area contributed by atoms with Crippen LogP contribution in [0.1, 0.15) is 343 Å². The van der Waals surface area contributed by atoms with E-state index >= 15 is 0 Å². The van der Waals surface area contributed by atoms with Crippen LogP contribution < -0.4 is 0 Å². The summed E-state index contributed by atoms with van der Waals surface area (Å²) in [5.41, 5.74) is 0. The van der Waals surface area contributed by atoms with Crippen molar-refractivity contribution in [3.05, 3.63) is 0 Å². The molecule has 0 fully saturated rings. The fourth-order valence-corrected chi connectivity index (χ4v) is 11.8. The van der Waals surface area contributed by atoms with Crippen LogP contribution in [0.5, 0.6) is 0 Å². The maximum Gasteiger partial charge on any atom is 0.472 e. The second-order valence-corrected chi connectivity index (χ2v) is 28.4. The number of esters is 4. The van der Waals surface area contributed by atoms with Gasteiger partial charge in [0.05, 0.1) is 26.4 Å². The van der Waals surface area contributed by atoms with E-state index in [0.717, 1.165) is 109 Å². The van der Waals surface area contributed by atoms with Gasteiger partial charge in [0.1, 0.15) is 19.3 Å². The number of carbonyl (C=O) groups excluding carboxylic acids is 4. The number of hydrogen-bond donors (Lipinski definition) is 3. The minimum atomic E-state index is -4.95. The van der Waals surface area contributed by atoms with E-state index in [4.69, 9.17) is 37.0 Å². The zero-order valence-corrected chi connectivity index (χ0v) is 58.1. The summed E-state index contributed by atoms with van der Waals surface area (Å²) in [6, 6.07) is 0. The molecule has 5 atom stereocenters. The molecule has 0 saturated heterocycles. The number of aliphatic hydroxyl groups is 1. The molecule has 17 nitrogen and oxygen atoms in total. The fraction of sp³-hybridized carbons (Fsp3) is 0.941. The molecule has 0 bridgehead atoms. The molecule has 3 N–H and O–H groups in total.